The molecule has 1 rings (SSSR count). The molecule has 0 bridgehead atoms. The Bertz CT molecular complexity index is 348. The number of nitrogens with two attached hydrogens (primary N) is 1. The lowest BCUT2D eigenvalue weighted by Crippen LogP contribution is -2.38. The monoisotopic (exact) mass is 221 g/mol. The number of carbonyl (C=O) groups excluding carboxylic acids is 1. The summed E-state index contributed by atoms with van der Waals surface area (Å²) >= 11 is 0. The lowest BCUT2D eigenvalue weighted by molar-refractivity contribution is 0.219. The van der Waals surface area contributed by atoms with Gasteiger partial charge in [0.15, 0.2) is 0 Å². The molecule has 0 atom stereocenters. The first-order chi connectivity index (χ1) is 7.60. The van der Waals surface area contributed by atoms with Crippen molar-refractivity contribution in [2.45, 2.75) is 13.5 Å². The van der Waals surface area contributed by atoms with Crippen LogP contribution < -0.4 is 10.6 Å². The predicted molar refractivity (Wildman–Crippen MR) is 66.4 cm³/mol. The summed E-state index contributed by atoms with van der Waals surface area (Å²) in [5.41, 5.74) is 7.46. The van der Waals surface area contributed by atoms with Gasteiger partial charge in [-0.15, -0.1) is 0 Å². The molecule has 0 aromatic heterocycles. The Hall–Kier alpha value is -1.55. The Morgan fingerprint density at radius 2 is 1.81 bits per heavy atom. The highest BCUT2D eigenvalue weighted by molar-refractivity contribution is 5.91. The summed E-state index contributed by atoms with van der Waals surface area (Å²) in [5.74, 6) is 0. The molecule has 1 aromatic carbocycles. The molecule has 0 fully saturated rings. The van der Waals surface area contributed by atoms with Crippen LogP contribution >= 0.6 is 0 Å². The summed E-state index contributed by atoms with van der Waals surface area (Å²) in [7, 11) is 3.55. The first-order valence-corrected chi connectivity index (χ1v) is 5.38. The summed E-state index contributed by atoms with van der Waals surface area (Å²) in [5, 5.41) is 0. The molecule has 4 heteroatoms. The number of rotatable bonds is 3. The van der Waals surface area contributed by atoms with Crippen molar-refractivity contribution in [3.8, 4) is 0 Å². The van der Waals surface area contributed by atoms with Crippen LogP contribution in [0.15, 0.2) is 24.3 Å². The van der Waals surface area contributed by atoms with E-state index in [9.17, 15) is 4.79 Å². The topological polar surface area (TPSA) is 49.6 Å². The van der Waals surface area contributed by atoms with Crippen LogP contribution in [0.5, 0.6) is 0 Å². The van der Waals surface area contributed by atoms with Crippen LogP contribution in [-0.4, -0.2) is 31.6 Å². The van der Waals surface area contributed by atoms with Gasteiger partial charge in [-0.2, -0.15) is 0 Å². The van der Waals surface area contributed by atoms with Crippen molar-refractivity contribution < 1.29 is 4.79 Å². The minimum atomic E-state index is -0.0111. The van der Waals surface area contributed by atoms with E-state index in [4.69, 9.17) is 5.73 Å². The van der Waals surface area contributed by atoms with Gasteiger partial charge in [0.1, 0.15) is 0 Å². The Morgan fingerprint density at radius 1 is 1.25 bits per heavy atom. The van der Waals surface area contributed by atoms with Crippen LogP contribution in [0.25, 0.3) is 0 Å². The number of hydrogen-bond donors (Lipinski definition) is 1. The van der Waals surface area contributed by atoms with Gasteiger partial charge in [0, 0.05) is 32.9 Å². The molecule has 0 saturated carbocycles. The van der Waals surface area contributed by atoms with Crippen LogP contribution in [0.4, 0.5) is 10.5 Å². The Kier molecular flexibility index (Phi) is 4.31. The molecule has 2 amide bonds. The number of carbonyl (C=O) groups is 1. The zero-order valence-electron chi connectivity index (χ0n) is 10.1. The highest BCUT2D eigenvalue weighted by Gasteiger charge is 2.13. The molecule has 1 aromatic rings. The minimum Gasteiger partial charge on any atom is -0.328 e. The summed E-state index contributed by atoms with van der Waals surface area (Å²) in [6.07, 6.45) is 0. The first kappa shape index (κ1) is 12.5. The molecule has 0 radical (unpaired) electrons. The molecular formula is C12H19N3O. The molecule has 0 saturated heterocycles. The lowest BCUT2D eigenvalue weighted by atomic mass is 10.2. The van der Waals surface area contributed by atoms with Crippen molar-refractivity contribution in [2.24, 2.45) is 5.73 Å². The fourth-order valence-electron chi connectivity index (χ4n) is 1.36. The quantitative estimate of drug-likeness (QED) is 0.843. The van der Waals surface area contributed by atoms with Crippen LogP contribution in [0.2, 0.25) is 0 Å². The molecule has 88 valence electrons. The zero-order valence-corrected chi connectivity index (χ0v) is 10.1. The smallest absolute Gasteiger partial charge is 0.323 e. The van der Waals surface area contributed by atoms with Crippen molar-refractivity contribution in [3.63, 3.8) is 0 Å². The maximum atomic E-state index is 11.9. The van der Waals surface area contributed by atoms with Crippen LogP contribution in [0, 0.1) is 0 Å². The van der Waals surface area contributed by atoms with E-state index in [-0.39, 0.29) is 6.03 Å². The van der Waals surface area contributed by atoms with E-state index in [1.807, 2.05) is 31.2 Å². The molecule has 0 aliphatic rings. The van der Waals surface area contributed by atoms with E-state index in [1.54, 1.807) is 23.9 Å². The zero-order chi connectivity index (χ0) is 12.1. The molecule has 4 nitrogen and oxygen atoms in total. The normalized spacial score (nSPS) is 10.0. The van der Waals surface area contributed by atoms with Crippen molar-refractivity contribution >= 4 is 11.7 Å². The first-order valence-electron chi connectivity index (χ1n) is 5.38. The molecule has 2 N–H and O–H groups in total. The number of benzene rings is 1. The third kappa shape index (κ3) is 2.73. The Morgan fingerprint density at radius 3 is 2.25 bits per heavy atom. The average molecular weight is 221 g/mol. The number of hydrogen-bond acceptors (Lipinski definition) is 2. The fraction of sp³-hybridized carbons (Fsp3) is 0.417. The van der Waals surface area contributed by atoms with Gasteiger partial charge in [-0.25, -0.2) is 4.79 Å². The van der Waals surface area contributed by atoms with Crippen molar-refractivity contribution in [1.82, 2.24) is 4.90 Å². The summed E-state index contributed by atoms with van der Waals surface area (Å²) in [6.45, 7) is 3.17. The summed E-state index contributed by atoms with van der Waals surface area (Å²) < 4.78 is 0. The van der Waals surface area contributed by atoms with Gasteiger partial charge >= 0.3 is 6.03 Å². The molecule has 0 aliphatic heterocycles. The molecule has 0 spiro atoms. The third-order valence-electron chi connectivity index (χ3n) is 2.65. The highest BCUT2D eigenvalue weighted by atomic mass is 16.2. The largest absolute Gasteiger partial charge is 0.328 e. The minimum absolute atomic E-state index is 0.0111. The summed E-state index contributed by atoms with van der Waals surface area (Å²) in [4.78, 5) is 15.1. The van der Waals surface area contributed by atoms with Crippen molar-refractivity contribution in [1.29, 1.82) is 0 Å². The Labute approximate surface area is 96.6 Å². The van der Waals surface area contributed by atoms with E-state index in [1.165, 1.54) is 0 Å². The van der Waals surface area contributed by atoms with Gasteiger partial charge in [-0.1, -0.05) is 12.1 Å². The SMILES string of the molecule is CCN(C)C(=O)N(C)c1ccc(CN)cc1. The number of nitrogens with zero attached hydrogens (tertiary/aromatic N) is 2. The van der Waals surface area contributed by atoms with Gasteiger partial charge in [-0.3, -0.25) is 4.90 Å². The van der Waals surface area contributed by atoms with Crippen LogP contribution in [-0.2, 0) is 6.54 Å². The molecular weight excluding hydrogens is 202 g/mol. The third-order valence-corrected chi connectivity index (χ3v) is 2.65. The van der Waals surface area contributed by atoms with Gasteiger partial charge in [0.2, 0.25) is 0 Å². The number of amides is 2. The predicted octanol–water partition coefficient (Wildman–Crippen LogP) is 1.65. The van der Waals surface area contributed by atoms with E-state index in [0.29, 0.717) is 13.1 Å². The van der Waals surface area contributed by atoms with E-state index < -0.39 is 0 Å². The molecule has 0 aliphatic carbocycles. The highest BCUT2D eigenvalue weighted by Crippen LogP contribution is 2.14. The standard InChI is InChI=1S/C12H19N3O/c1-4-14(2)12(16)15(3)11-7-5-10(9-13)6-8-11/h5-8H,4,9,13H2,1-3H3. The number of anilines is 1. The second kappa shape index (κ2) is 5.51. The molecule has 0 unspecified atom stereocenters. The van der Waals surface area contributed by atoms with E-state index in [2.05, 4.69) is 0 Å². The van der Waals surface area contributed by atoms with Gasteiger partial charge in [-0.05, 0) is 24.6 Å². The maximum absolute atomic E-state index is 11.9. The van der Waals surface area contributed by atoms with E-state index in [0.717, 1.165) is 11.3 Å². The fourth-order valence-corrected chi connectivity index (χ4v) is 1.36. The maximum Gasteiger partial charge on any atom is 0.323 e. The van der Waals surface area contributed by atoms with E-state index >= 15 is 0 Å². The van der Waals surface area contributed by atoms with Gasteiger partial charge < -0.3 is 10.6 Å². The molecule has 0 heterocycles. The van der Waals surface area contributed by atoms with Gasteiger partial charge in [0.05, 0.1) is 0 Å². The van der Waals surface area contributed by atoms with Crippen LogP contribution in [0.3, 0.4) is 0 Å². The second-order valence-corrected chi connectivity index (χ2v) is 3.73. The summed E-state index contributed by atoms with van der Waals surface area (Å²) in [6, 6.07) is 7.67. The lowest BCUT2D eigenvalue weighted by Gasteiger charge is -2.24. The second-order valence-electron chi connectivity index (χ2n) is 3.73. The van der Waals surface area contributed by atoms with Crippen molar-refractivity contribution in [3.05, 3.63) is 29.8 Å². The van der Waals surface area contributed by atoms with Crippen LogP contribution in [0.1, 0.15) is 12.5 Å². The van der Waals surface area contributed by atoms with Crippen molar-refractivity contribution in [2.75, 3.05) is 25.5 Å². The van der Waals surface area contributed by atoms with Gasteiger partial charge in [0.25, 0.3) is 0 Å². The number of urea groups is 1. The average Bonchev–Trinajstić information content (AvgIpc) is 2.36. The Balaban J connectivity index is 2.79. The molecule has 16 heavy (non-hydrogen) atoms.